The first-order chi connectivity index (χ1) is 7.15. The highest BCUT2D eigenvalue weighted by atomic mass is 35.5. The van der Waals surface area contributed by atoms with Crippen molar-refractivity contribution in [3.05, 3.63) is 34.3 Å². The van der Waals surface area contributed by atoms with Crippen LogP contribution in [0, 0.1) is 0 Å². The molecule has 0 spiro atoms. The predicted molar refractivity (Wildman–Crippen MR) is 57.8 cm³/mol. The standard InChI is InChI=1S/C11H12ClNO2/c12-10-2-1-8-6-13(4-3-11(14)15)7-9(8)5-10/h1-2,5H,3-4,6-7H2,(H,14,15). The first-order valence-corrected chi connectivity index (χ1v) is 5.24. The van der Waals surface area contributed by atoms with Crippen LogP contribution >= 0.6 is 11.6 Å². The van der Waals surface area contributed by atoms with E-state index in [9.17, 15) is 4.79 Å². The van der Waals surface area contributed by atoms with E-state index in [4.69, 9.17) is 16.7 Å². The molecule has 0 bridgehead atoms. The molecule has 0 atom stereocenters. The Hall–Kier alpha value is -1.06. The molecule has 1 aromatic rings. The first kappa shape index (κ1) is 10.5. The zero-order valence-electron chi connectivity index (χ0n) is 8.24. The molecule has 0 aliphatic carbocycles. The van der Waals surface area contributed by atoms with Crippen LogP contribution in [0.1, 0.15) is 17.5 Å². The average molecular weight is 226 g/mol. The van der Waals surface area contributed by atoms with Crippen LogP contribution in [0.2, 0.25) is 5.02 Å². The summed E-state index contributed by atoms with van der Waals surface area (Å²) in [4.78, 5) is 12.6. The summed E-state index contributed by atoms with van der Waals surface area (Å²) in [6, 6.07) is 5.84. The lowest BCUT2D eigenvalue weighted by molar-refractivity contribution is -0.137. The Kier molecular flexibility index (Phi) is 2.93. The van der Waals surface area contributed by atoms with Gasteiger partial charge in [0.1, 0.15) is 0 Å². The molecule has 1 aliphatic heterocycles. The molecule has 3 nitrogen and oxygen atoms in total. The number of carboxylic acid groups (broad SMARTS) is 1. The van der Waals surface area contributed by atoms with Crippen molar-refractivity contribution in [2.75, 3.05) is 6.54 Å². The van der Waals surface area contributed by atoms with Gasteiger partial charge in [-0.15, -0.1) is 0 Å². The number of hydrogen-bond acceptors (Lipinski definition) is 2. The average Bonchev–Trinajstić information content (AvgIpc) is 2.56. The van der Waals surface area contributed by atoms with Crippen molar-refractivity contribution in [2.45, 2.75) is 19.5 Å². The molecular formula is C11H12ClNO2. The van der Waals surface area contributed by atoms with Crippen LogP contribution in [0.25, 0.3) is 0 Å². The second-order valence-electron chi connectivity index (χ2n) is 3.77. The van der Waals surface area contributed by atoms with Gasteiger partial charge < -0.3 is 5.11 Å². The summed E-state index contributed by atoms with van der Waals surface area (Å²) in [5, 5.41) is 9.33. The summed E-state index contributed by atoms with van der Waals surface area (Å²) in [7, 11) is 0. The Bertz CT molecular complexity index is 392. The SMILES string of the molecule is O=C(O)CCN1Cc2ccc(Cl)cc2C1. The number of hydrogen-bond donors (Lipinski definition) is 1. The molecule has 0 radical (unpaired) electrons. The molecular weight excluding hydrogens is 214 g/mol. The Morgan fingerprint density at radius 2 is 2.13 bits per heavy atom. The predicted octanol–water partition coefficient (Wildman–Crippen LogP) is 2.13. The van der Waals surface area contributed by atoms with Crippen molar-refractivity contribution in [3.63, 3.8) is 0 Å². The van der Waals surface area contributed by atoms with E-state index < -0.39 is 5.97 Å². The molecule has 0 aromatic heterocycles. The summed E-state index contributed by atoms with van der Waals surface area (Å²) >= 11 is 5.89. The summed E-state index contributed by atoms with van der Waals surface area (Å²) in [6.07, 6.45) is 0.196. The maximum Gasteiger partial charge on any atom is 0.304 e. The molecule has 1 aromatic carbocycles. The van der Waals surface area contributed by atoms with Gasteiger partial charge in [-0.1, -0.05) is 17.7 Å². The van der Waals surface area contributed by atoms with E-state index in [1.54, 1.807) is 0 Å². The van der Waals surface area contributed by atoms with Crippen molar-refractivity contribution >= 4 is 17.6 Å². The van der Waals surface area contributed by atoms with Crippen LogP contribution < -0.4 is 0 Å². The van der Waals surface area contributed by atoms with Gasteiger partial charge in [-0.2, -0.15) is 0 Å². The number of nitrogens with zero attached hydrogens (tertiary/aromatic N) is 1. The lowest BCUT2D eigenvalue weighted by atomic mass is 10.1. The van der Waals surface area contributed by atoms with Crippen molar-refractivity contribution in [1.82, 2.24) is 4.90 Å². The van der Waals surface area contributed by atoms with Gasteiger partial charge in [0.25, 0.3) is 0 Å². The van der Waals surface area contributed by atoms with Crippen LogP contribution in [0.5, 0.6) is 0 Å². The number of aliphatic carboxylic acids is 1. The van der Waals surface area contributed by atoms with E-state index in [1.807, 2.05) is 18.2 Å². The monoisotopic (exact) mass is 225 g/mol. The Balaban J connectivity index is 2.00. The maximum atomic E-state index is 10.4. The van der Waals surface area contributed by atoms with Gasteiger partial charge in [0, 0.05) is 24.7 Å². The number of benzene rings is 1. The van der Waals surface area contributed by atoms with Crippen LogP contribution in [0.3, 0.4) is 0 Å². The Morgan fingerprint density at radius 1 is 1.40 bits per heavy atom. The molecule has 0 amide bonds. The largest absolute Gasteiger partial charge is 0.481 e. The molecule has 4 heteroatoms. The molecule has 1 heterocycles. The van der Waals surface area contributed by atoms with E-state index >= 15 is 0 Å². The fraction of sp³-hybridized carbons (Fsp3) is 0.364. The maximum absolute atomic E-state index is 10.4. The molecule has 1 N–H and O–H groups in total. The van der Waals surface area contributed by atoms with Crippen LogP contribution in [0.15, 0.2) is 18.2 Å². The van der Waals surface area contributed by atoms with E-state index in [1.165, 1.54) is 11.1 Å². The molecule has 0 saturated carbocycles. The molecule has 0 fully saturated rings. The molecule has 15 heavy (non-hydrogen) atoms. The van der Waals surface area contributed by atoms with Gasteiger partial charge in [0.15, 0.2) is 0 Å². The summed E-state index contributed by atoms with van der Waals surface area (Å²) in [6.45, 7) is 2.24. The highest BCUT2D eigenvalue weighted by Crippen LogP contribution is 2.25. The lowest BCUT2D eigenvalue weighted by Crippen LogP contribution is -2.20. The van der Waals surface area contributed by atoms with E-state index in [2.05, 4.69) is 4.90 Å². The Morgan fingerprint density at radius 3 is 2.87 bits per heavy atom. The van der Waals surface area contributed by atoms with Gasteiger partial charge in [-0.25, -0.2) is 0 Å². The van der Waals surface area contributed by atoms with Crippen molar-refractivity contribution in [1.29, 1.82) is 0 Å². The van der Waals surface area contributed by atoms with Gasteiger partial charge >= 0.3 is 5.97 Å². The quantitative estimate of drug-likeness (QED) is 0.857. The summed E-state index contributed by atoms with van der Waals surface area (Å²) in [5.74, 6) is -0.746. The zero-order valence-corrected chi connectivity index (χ0v) is 9.00. The van der Waals surface area contributed by atoms with Crippen molar-refractivity contribution in [2.24, 2.45) is 0 Å². The minimum atomic E-state index is -0.746. The van der Waals surface area contributed by atoms with Crippen LogP contribution in [0.4, 0.5) is 0 Å². The van der Waals surface area contributed by atoms with Crippen LogP contribution in [-0.4, -0.2) is 22.5 Å². The van der Waals surface area contributed by atoms with Gasteiger partial charge in [-0.05, 0) is 23.3 Å². The molecule has 1 aliphatic rings. The second kappa shape index (κ2) is 4.21. The molecule has 0 unspecified atom stereocenters. The fourth-order valence-corrected chi connectivity index (χ4v) is 2.04. The third kappa shape index (κ3) is 2.49. The topological polar surface area (TPSA) is 40.5 Å². The normalized spacial score (nSPS) is 15.3. The highest BCUT2D eigenvalue weighted by Gasteiger charge is 2.19. The fourth-order valence-electron chi connectivity index (χ4n) is 1.85. The number of halogens is 1. The molecule has 0 saturated heterocycles. The molecule has 2 rings (SSSR count). The Labute approximate surface area is 93.3 Å². The third-order valence-corrected chi connectivity index (χ3v) is 2.83. The zero-order chi connectivity index (χ0) is 10.8. The number of rotatable bonds is 3. The first-order valence-electron chi connectivity index (χ1n) is 4.86. The minimum Gasteiger partial charge on any atom is -0.481 e. The van der Waals surface area contributed by atoms with Crippen molar-refractivity contribution < 1.29 is 9.90 Å². The van der Waals surface area contributed by atoms with E-state index in [-0.39, 0.29) is 6.42 Å². The molecule has 80 valence electrons. The summed E-state index contributed by atoms with van der Waals surface area (Å²) < 4.78 is 0. The highest BCUT2D eigenvalue weighted by molar-refractivity contribution is 6.30. The van der Waals surface area contributed by atoms with Gasteiger partial charge in [0.2, 0.25) is 0 Å². The van der Waals surface area contributed by atoms with E-state index in [0.29, 0.717) is 6.54 Å². The minimum absolute atomic E-state index is 0.196. The van der Waals surface area contributed by atoms with Crippen LogP contribution in [-0.2, 0) is 17.9 Å². The van der Waals surface area contributed by atoms with Gasteiger partial charge in [-0.3, -0.25) is 9.69 Å². The number of carbonyl (C=O) groups is 1. The number of carboxylic acids is 1. The smallest absolute Gasteiger partial charge is 0.304 e. The van der Waals surface area contributed by atoms with Gasteiger partial charge in [0.05, 0.1) is 6.42 Å². The van der Waals surface area contributed by atoms with E-state index in [0.717, 1.165) is 18.1 Å². The summed E-state index contributed by atoms with van der Waals surface area (Å²) in [5.41, 5.74) is 2.47. The van der Waals surface area contributed by atoms with Crippen molar-refractivity contribution in [3.8, 4) is 0 Å². The lowest BCUT2D eigenvalue weighted by Gasteiger charge is -2.12. The third-order valence-electron chi connectivity index (χ3n) is 2.60. The second-order valence-corrected chi connectivity index (χ2v) is 4.20. The number of fused-ring (bicyclic) bond motifs is 1.